The third-order valence-electron chi connectivity index (χ3n) is 3.01. The summed E-state index contributed by atoms with van der Waals surface area (Å²) in [5.74, 6) is 0.840. The van der Waals surface area contributed by atoms with Gasteiger partial charge in [-0.25, -0.2) is 18.5 Å². The maximum atomic E-state index is 11.2. The fourth-order valence-electron chi connectivity index (χ4n) is 1.89. The van der Waals surface area contributed by atoms with Gasteiger partial charge in [0.2, 0.25) is 15.3 Å². The molecule has 5 N–H and O–H groups in total. The molecule has 10 heteroatoms. The molecular weight excluding hydrogens is 340 g/mol. The van der Waals surface area contributed by atoms with Gasteiger partial charge in [-0.3, -0.25) is 0 Å². The molecule has 8 nitrogen and oxygen atoms in total. The lowest BCUT2D eigenvalue weighted by molar-refractivity contribution is 0.598. The Morgan fingerprint density at radius 1 is 1.26 bits per heavy atom. The summed E-state index contributed by atoms with van der Waals surface area (Å²) in [5, 5.41) is 18.5. The minimum absolute atomic E-state index is 0.0454. The number of rotatable bonds is 6. The van der Waals surface area contributed by atoms with Gasteiger partial charge in [-0.05, 0) is 29.3 Å². The van der Waals surface area contributed by atoms with Crippen LogP contribution in [0.3, 0.4) is 0 Å². The Hall–Kier alpha value is -2.23. The molecule has 1 aromatic heterocycles. The summed E-state index contributed by atoms with van der Waals surface area (Å²) in [4.78, 5) is 8.09. The minimum atomic E-state index is -3.71. The second-order valence-electron chi connectivity index (χ2n) is 4.54. The molecule has 0 fully saturated rings. The topological polar surface area (TPSA) is 134 Å². The van der Waals surface area contributed by atoms with Crippen LogP contribution in [0.5, 0.6) is 0 Å². The van der Waals surface area contributed by atoms with Gasteiger partial charge in [0, 0.05) is 19.8 Å². The van der Waals surface area contributed by atoms with Crippen LogP contribution in [-0.2, 0) is 16.6 Å². The second kappa shape index (κ2) is 6.90. The average Bonchev–Trinajstić information content (AvgIpc) is 2.51. The van der Waals surface area contributed by atoms with Crippen LogP contribution in [0.25, 0.3) is 0 Å². The molecule has 0 unspecified atom stereocenters. The Bertz CT molecular complexity index is 823. The van der Waals surface area contributed by atoms with E-state index in [2.05, 4.69) is 20.6 Å². The first-order valence-electron chi connectivity index (χ1n) is 6.46. The first-order chi connectivity index (χ1) is 10.8. The lowest BCUT2D eigenvalue weighted by Crippen LogP contribution is -2.12. The number of halogens is 1. The molecule has 1 heterocycles. The van der Waals surface area contributed by atoms with Crippen LogP contribution in [0.15, 0.2) is 29.2 Å². The molecule has 0 saturated carbocycles. The number of anilines is 2. The molecule has 0 aliphatic rings. The molecular formula is C13H15ClN6O2S. The Morgan fingerprint density at radius 3 is 2.39 bits per heavy atom. The summed E-state index contributed by atoms with van der Waals surface area (Å²) in [7, 11) is -2.04. The van der Waals surface area contributed by atoms with Crippen LogP contribution in [0, 0.1) is 5.41 Å². The molecule has 0 atom stereocenters. The number of hydrogen-bond donors (Lipinski definition) is 4. The van der Waals surface area contributed by atoms with Gasteiger partial charge in [-0.1, -0.05) is 12.1 Å². The lowest BCUT2D eigenvalue weighted by atomic mass is 10.2. The third kappa shape index (κ3) is 4.15. The summed E-state index contributed by atoms with van der Waals surface area (Å²) in [6.07, 6.45) is 1.12. The van der Waals surface area contributed by atoms with E-state index in [1.165, 1.54) is 12.1 Å². The number of nitrogens with two attached hydrogens (primary N) is 1. The van der Waals surface area contributed by atoms with Crippen molar-refractivity contribution >= 4 is 39.5 Å². The van der Waals surface area contributed by atoms with E-state index in [0.29, 0.717) is 23.7 Å². The van der Waals surface area contributed by atoms with E-state index in [1.807, 2.05) is 0 Å². The Balaban J connectivity index is 2.21. The lowest BCUT2D eigenvalue weighted by Gasteiger charge is -2.12. The monoisotopic (exact) mass is 354 g/mol. The van der Waals surface area contributed by atoms with E-state index in [-0.39, 0.29) is 10.2 Å². The summed E-state index contributed by atoms with van der Waals surface area (Å²) in [6, 6.07) is 6.13. The summed E-state index contributed by atoms with van der Waals surface area (Å²) < 4.78 is 22.4. The zero-order valence-corrected chi connectivity index (χ0v) is 13.7. The molecule has 2 rings (SSSR count). The van der Waals surface area contributed by atoms with Gasteiger partial charge in [0.25, 0.3) is 0 Å². The number of nitrogens with zero attached hydrogens (tertiary/aromatic N) is 2. The predicted molar refractivity (Wildman–Crippen MR) is 89.6 cm³/mol. The number of aromatic nitrogens is 2. The summed E-state index contributed by atoms with van der Waals surface area (Å²) >= 11 is 5.85. The van der Waals surface area contributed by atoms with Gasteiger partial charge < -0.3 is 16.0 Å². The normalized spacial score (nSPS) is 11.1. The highest BCUT2D eigenvalue weighted by atomic mass is 35.5. The maximum Gasteiger partial charge on any atom is 0.238 e. The van der Waals surface area contributed by atoms with Crippen molar-refractivity contribution in [2.75, 3.05) is 17.7 Å². The number of benzene rings is 1. The molecule has 23 heavy (non-hydrogen) atoms. The van der Waals surface area contributed by atoms with Gasteiger partial charge >= 0.3 is 0 Å². The van der Waals surface area contributed by atoms with Crippen LogP contribution < -0.4 is 15.8 Å². The quantitative estimate of drug-likeness (QED) is 0.458. The summed E-state index contributed by atoms with van der Waals surface area (Å²) in [5.41, 5.74) is 1.28. The van der Waals surface area contributed by atoms with Gasteiger partial charge in [-0.15, -0.1) is 0 Å². The van der Waals surface area contributed by atoms with Crippen molar-refractivity contribution in [1.29, 1.82) is 5.41 Å². The Kier molecular flexibility index (Phi) is 5.14. The zero-order chi connectivity index (χ0) is 17.0. The largest absolute Gasteiger partial charge is 0.372 e. The Labute approximate surface area is 138 Å². The molecule has 1 aromatic carbocycles. The second-order valence-corrected chi connectivity index (χ2v) is 6.44. The van der Waals surface area contributed by atoms with Crippen LogP contribution in [-0.4, -0.2) is 31.6 Å². The van der Waals surface area contributed by atoms with Crippen molar-refractivity contribution in [2.45, 2.75) is 11.4 Å². The first kappa shape index (κ1) is 17.1. The third-order valence-corrected chi connectivity index (χ3v) is 4.11. The van der Waals surface area contributed by atoms with Crippen molar-refractivity contribution in [1.82, 2.24) is 9.97 Å². The molecule has 0 spiro atoms. The van der Waals surface area contributed by atoms with E-state index < -0.39 is 10.0 Å². The van der Waals surface area contributed by atoms with Gasteiger partial charge in [0.05, 0.1) is 10.5 Å². The van der Waals surface area contributed by atoms with E-state index in [4.69, 9.17) is 22.1 Å². The SMILES string of the molecule is CNc1nc(Cl)nc(NCc2ccc(S(N)(=O)=O)cc2)c1C=N. The number of sulfonamides is 1. The average molecular weight is 355 g/mol. The van der Waals surface area contributed by atoms with Gasteiger partial charge in [0.1, 0.15) is 11.6 Å². The highest BCUT2D eigenvalue weighted by molar-refractivity contribution is 7.89. The molecule has 0 bridgehead atoms. The maximum absolute atomic E-state index is 11.2. The van der Waals surface area contributed by atoms with Gasteiger partial charge in [-0.2, -0.15) is 4.98 Å². The van der Waals surface area contributed by atoms with Gasteiger partial charge in [0.15, 0.2) is 0 Å². The fraction of sp³-hybridized carbons (Fsp3) is 0.154. The van der Waals surface area contributed by atoms with Crippen LogP contribution >= 0.6 is 11.6 Å². The highest BCUT2D eigenvalue weighted by Crippen LogP contribution is 2.21. The van der Waals surface area contributed by atoms with E-state index in [9.17, 15) is 8.42 Å². The van der Waals surface area contributed by atoms with E-state index in [1.54, 1.807) is 19.2 Å². The van der Waals surface area contributed by atoms with Crippen LogP contribution in [0.4, 0.5) is 11.6 Å². The van der Waals surface area contributed by atoms with E-state index >= 15 is 0 Å². The molecule has 0 aliphatic carbocycles. The van der Waals surface area contributed by atoms with Crippen molar-refractivity contribution in [3.8, 4) is 0 Å². The fourth-order valence-corrected chi connectivity index (χ4v) is 2.57. The number of nitrogens with one attached hydrogen (secondary N) is 3. The molecule has 0 amide bonds. The smallest absolute Gasteiger partial charge is 0.238 e. The predicted octanol–water partition coefficient (Wildman–Crippen LogP) is 1.43. The molecule has 122 valence electrons. The standard InChI is InChI=1S/C13H15ClN6O2S/c1-17-11-10(6-15)12(20-13(14)19-11)18-7-8-2-4-9(5-3-8)23(16,21)22/h2-6,15H,7H2,1H3,(H2,16,21,22)(H2,17,18,19,20). The van der Waals surface area contributed by atoms with Crippen molar-refractivity contribution < 1.29 is 8.42 Å². The number of primary sulfonamides is 1. The highest BCUT2D eigenvalue weighted by Gasteiger charge is 2.11. The van der Waals surface area contributed by atoms with Crippen LogP contribution in [0.2, 0.25) is 5.28 Å². The molecule has 0 radical (unpaired) electrons. The van der Waals surface area contributed by atoms with Crippen LogP contribution in [0.1, 0.15) is 11.1 Å². The zero-order valence-electron chi connectivity index (χ0n) is 12.2. The molecule has 2 aromatic rings. The minimum Gasteiger partial charge on any atom is -0.372 e. The molecule has 0 saturated heterocycles. The molecule has 0 aliphatic heterocycles. The first-order valence-corrected chi connectivity index (χ1v) is 8.39. The number of hydrogen-bond acceptors (Lipinski definition) is 7. The van der Waals surface area contributed by atoms with E-state index in [0.717, 1.165) is 11.8 Å². The van der Waals surface area contributed by atoms with Crippen molar-refractivity contribution in [3.63, 3.8) is 0 Å². The summed E-state index contributed by atoms with van der Waals surface area (Å²) in [6.45, 7) is 0.363. The Morgan fingerprint density at radius 2 is 1.87 bits per heavy atom. The van der Waals surface area contributed by atoms with Crippen molar-refractivity contribution in [2.24, 2.45) is 5.14 Å². The van der Waals surface area contributed by atoms with Crippen molar-refractivity contribution in [3.05, 3.63) is 40.7 Å².